The third-order valence-corrected chi connectivity index (χ3v) is 3.85. The summed E-state index contributed by atoms with van der Waals surface area (Å²) >= 11 is 12.0. The quantitative estimate of drug-likeness (QED) is 0.827. The minimum Gasteiger partial charge on any atom is -0.435 e. The summed E-state index contributed by atoms with van der Waals surface area (Å²) in [7, 11) is 0. The van der Waals surface area contributed by atoms with Crippen molar-refractivity contribution in [2.45, 2.75) is 26.7 Å². The molecule has 0 spiro atoms. The van der Waals surface area contributed by atoms with Crippen molar-refractivity contribution in [3.05, 3.63) is 45.1 Å². The second kappa shape index (κ2) is 6.75. The zero-order chi connectivity index (χ0) is 15.4. The Kier molecular flexibility index (Phi) is 5.00. The fourth-order valence-electron chi connectivity index (χ4n) is 2.01. The van der Waals surface area contributed by atoms with Crippen LogP contribution in [0.2, 0.25) is 10.0 Å². The Morgan fingerprint density at radius 2 is 1.95 bits per heavy atom. The molecule has 0 amide bonds. The van der Waals surface area contributed by atoms with Gasteiger partial charge in [0.25, 0.3) is 5.88 Å². The SMILES string of the molecule is CCc1nnc(Oc2cccc(Cl)c2Cl)c(C#N)c1CC. The Morgan fingerprint density at radius 1 is 1.19 bits per heavy atom. The van der Waals surface area contributed by atoms with Gasteiger partial charge in [-0.3, -0.25) is 0 Å². The Balaban J connectivity index is 2.50. The highest BCUT2D eigenvalue weighted by Crippen LogP contribution is 2.35. The van der Waals surface area contributed by atoms with Gasteiger partial charge >= 0.3 is 0 Å². The van der Waals surface area contributed by atoms with Crippen molar-refractivity contribution in [3.63, 3.8) is 0 Å². The number of aromatic nitrogens is 2. The number of benzene rings is 1. The van der Waals surface area contributed by atoms with E-state index in [0.29, 0.717) is 29.2 Å². The van der Waals surface area contributed by atoms with E-state index in [2.05, 4.69) is 16.3 Å². The lowest BCUT2D eigenvalue weighted by atomic mass is 10.0. The van der Waals surface area contributed by atoms with Crippen LogP contribution in [0.1, 0.15) is 30.7 Å². The molecular formula is C15H13Cl2N3O. The first-order chi connectivity index (χ1) is 10.1. The minimum atomic E-state index is 0.149. The van der Waals surface area contributed by atoms with Crippen LogP contribution in [0.3, 0.4) is 0 Å². The molecule has 0 saturated carbocycles. The first kappa shape index (κ1) is 15.6. The maximum Gasteiger partial charge on any atom is 0.257 e. The molecule has 21 heavy (non-hydrogen) atoms. The molecule has 0 atom stereocenters. The molecule has 1 aromatic carbocycles. The molecule has 108 valence electrons. The monoisotopic (exact) mass is 321 g/mol. The minimum absolute atomic E-state index is 0.149. The van der Waals surface area contributed by atoms with E-state index in [0.717, 1.165) is 11.3 Å². The number of hydrogen-bond acceptors (Lipinski definition) is 4. The van der Waals surface area contributed by atoms with Crippen molar-refractivity contribution in [2.24, 2.45) is 0 Å². The molecule has 0 aliphatic heterocycles. The number of hydrogen-bond donors (Lipinski definition) is 0. The number of rotatable bonds is 4. The van der Waals surface area contributed by atoms with Gasteiger partial charge in [0, 0.05) is 0 Å². The van der Waals surface area contributed by atoms with Crippen LogP contribution >= 0.6 is 23.2 Å². The lowest BCUT2D eigenvalue weighted by Gasteiger charge is -2.12. The van der Waals surface area contributed by atoms with Gasteiger partial charge in [-0.25, -0.2) is 0 Å². The number of aryl methyl sites for hydroxylation is 1. The van der Waals surface area contributed by atoms with E-state index in [1.165, 1.54) is 0 Å². The standard InChI is InChI=1S/C15H13Cl2N3O/c1-3-9-10(8-18)15(20-19-12(9)4-2)21-13-7-5-6-11(16)14(13)17/h5-7H,3-4H2,1-2H3. The van der Waals surface area contributed by atoms with E-state index in [4.69, 9.17) is 27.9 Å². The van der Waals surface area contributed by atoms with Gasteiger partial charge in [-0.1, -0.05) is 43.1 Å². The van der Waals surface area contributed by atoms with Crippen molar-refractivity contribution >= 4 is 23.2 Å². The van der Waals surface area contributed by atoms with Crippen LogP contribution in [0.15, 0.2) is 18.2 Å². The van der Waals surface area contributed by atoms with E-state index in [-0.39, 0.29) is 10.9 Å². The Labute approximate surface area is 133 Å². The molecule has 0 N–H and O–H groups in total. The Morgan fingerprint density at radius 3 is 2.57 bits per heavy atom. The van der Waals surface area contributed by atoms with E-state index in [1.54, 1.807) is 18.2 Å². The molecule has 2 rings (SSSR count). The van der Waals surface area contributed by atoms with E-state index >= 15 is 0 Å². The van der Waals surface area contributed by atoms with Crippen molar-refractivity contribution < 1.29 is 4.74 Å². The van der Waals surface area contributed by atoms with Gasteiger partial charge in [-0.2, -0.15) is 10.4 Å². The number of nitrogens with zero attached hydrogens (tertiary/aromatic N) is 3. The summed E-state index contributed by atoms with van der Waals surface area (Å²) in [5.41, 5.74) is 2.04. The van der Waals surface area contributed by atoms with Crippen LogP contribution in [0.25, 0.3) is 0 Å². The van der Waals surface area contributed by atoms with E-state index in [9.17, 15) is 5.26 Å². The number of ether oxygens (including phenoxy) is 1. The summed E-state index contributed by atoms with van der Waals surface area (Å²) in [6, 6.07) is 7.17. The first-order valence-electron chi connectivity index (χ1n) is 6.52. The fourth-order valence-corrected chi connectivity index (χ4v) is 2.34. The van der Waals surface area contributed by atoms with Crippen LogP contribution in [0, 0.1) is 11.3 Å². The number of halogens is 2. The lowest BCUT2D eigenvalue weighted by Crippen LogP contribution is -2.05. The summed E-state index contributed by atoms with van der Waals surface area (Å²) in [6.45, 7) is 3.94. The molecular weight excluding hydrogens is 309 g/mol. The molecule has 0 unspecified atom stereocenters. The third kappa shape index (κ3) is 3.10. The molecule has 4 nitrogen and oxygen atoms in total. The predicted octanol–water partition coefficient (Wildman–Crippen LogP) is 4.57. The lowest BCUT2D eigenvalue weighted by molar-refractivity contribution is 0.451. The van der Waals surface area contributed by atoms with Crippen LogP contribution in [0.5, 0.6) is 11.6 Å². The molecule has 6 heteroatoms. The molecule has 1 heterocycles. The summed E-state index contributed by atoms with van der Waals surface area (Å²) in [4.78, 5) is 0. The van der Waals surface area contributed by atoms with Crippen molar-refractivity contribution in [1.29, 1.82) is 5.26 Å². The maximum atomic E-state index is 9.40. The molecule has 0 fully saturated rings. The fraction of sp³-hybridized carbons (Fsp3) is 0.267. The van der Waals surface area contributed by atoms with Gasteiger partial charge < -0.3 is 4.74 Å². The zero-order valence-corrected chi connectivity index (χ0v) is 13.2. The van der Waals surface area contributed by atoms with Crippen LogP contribution < -0.4 is 4.74 Å². The van der Waals surface area contributed by atoms with Gasteiger partial charge in [0.2, 0.25) is 0 Å². The van der Waals surface area contributed by atoms with Crippen LogP contribution in [-0.2, 0) is 12.8 Å². The van der Waals surface area contributed by atoms with Gasteiger partial charge in [0.05, 0.1) is 10.7 Å². The van der Waals surface area contributed by atoms with Crippen molar-refractivity contribution in [1.82, 2.24) is 10.2 Å². The second-order valence-corrected chi connectivity index (χ2v) is 5.06. The largest absolute Gasteiger partial charge is 0.435 e. The molecule has 0 aliphatic rings. The highest BCUT2D eigenvalue weighted by Gasteiger charge is 2.17. The summed E-state index contributed by atoms with van der Waals surface area (Å²) in [6.07, 6.45) is 1.39. The van der Waals surface area contributed by atoms with Gasteiger partial charge in [-0.15, -0.1) is 5.10 Å². The highest BCUT2D eigenvalue weighted by molar-refractivity contribution is 6.42. The predicted molar refractivity (Wildman–Crippen MR) is 82.0 cm³/mol. The average Bonchev–Trinajstić information content (AvgIpc) is 2.51. The average molecular weight is 322 g/mol. The smallest absolute Gasteiger partial charge is 0.257 e. The normalized spacial score (nSPS) is 10.2. The molecule has 0 aliphatic carbocycles. The van der Waals surface area contributed by atoms with Crippen LogP contribution in [-0.4, -0.2) is 10.2 Å². The molecule has 1 aromatic heterocycles. The van der Waals surface area contributed by atoms with E-state index in [1.807, 2.05) is 13.8 Å². The van der Waals surface area contributed by atoms with Crippen LogP contribution in [0.4, 0.5) is 0 Å². The third-order valence-electron chi connectivity index (χ3n) is 3.05. The van der Waals surface area contributed by atoms with E-state index < -0.39 is 0 Å². The van der Waals surface area contributed by atoms with Gasteiger partial charge in [0.15, 0.2) is 0 Å². The van der Waals surface area contributed by atoms with Crippen molar-refractivity contribution in [2.75, 3.05) is 0 Å². The Hall–Kier alpha value is -1.83. The number of nitriles is 1. The first-order valence-corrected chi connectivity index (χ1v) is 7.28. The maximum absolute atomic E-state index is 9.40. The van der Waals surface area contributed by atoms with Gasteiger partial charge in [-0.05, 0) is 30.5 Å². The zero-order valence-electron chi connectivity index (χ0n) is 11.7. The summed E-state index contributed by atoms with van der Waals surface area (Å²) in [5, 5.41) is 18.2. The summed E-state index contributed by atoms with van der Waals surface area (Å²) < 4.78 is 5.64. The molecule has 0 bridgehead atoms. The van der Waals surface area contributed by atoms with Gasteiger partial charge in [0.1, 0.15) is 22.4 Å². The molecule has 2 aromatic rings. The molecule has 0 radical (unpaired) electrons. The van der Waals surface area contributed by atoms with Crippen molar-refractivity contribution in [3.8, 4) is 17.7 Å². The molecule has 0 saturated heterocycles. The highest BCUT2D eigenvalue weighted by atomic mass is 35.5. The Bertz CT molecular complexity index is 711. The summed E-state index contributed by atoms with van der Waals surface area (Å²) in [5.74, 6) is 0.497. The second-order valence-electron chi connectivity index (χ2n) is 4.28. The topological polar surface area (TPSA) is 58.8 Å².